The topological polar surface area (TPSA) is 30.5 Å². The van der Waals surface area contributed by atoms with Crippen molar-refractivity contribution in [1.82, 2.24) is 5.32 Å². The van der Waals surface area contributed by atoms with Crippen LogP contribution in [0.15, 0.2) is 0 Å². The van der Waals surface area contributed by atoms with E-state index in [2.05, 4.69) is 5.32 Å². The molecular formula is C11H21NO2. The maximum atomic E-state index is 5.94. The van der Waals surface area contributed by atoms with Crippen molar-refractivity contribution in [3.8, 4) is 0 Å². The van der Waals surface area contributed by atoms with E-state index in [1.54, 1.807) is 7.11 Å². The number of hydrogen-bond donors (Lipinski definition) is 1. The lowest BCUT2D eigenvalue weighted by Crippen LogP contribution is -2.61. The molecule has 2 aliphatic rings. The van der Waals surface area contributed by atoms with Crippen LogP contribution in [0.2, 0.25) is 0 Å². The van der Waals surface area contributed by atoms with Gasteiger partial charge >= 0.3 is 0 Å². The van der Waals surface area contributed by atoms with Crippen molar-refractivity contribution in [2.75, 3.05) is 26.9 Å². The zero-order valence-electron chi connectivity index (χ0n) is 9.05. The summed E-state index contributed by atoms with van der Waals surface area (Å²) in [7, 11) is 1.77. The molecule has 0 aromatic heterocycles. The average Bonchev–Trinajstić information content (AvgIpc) is 2.17. The molecule has 1 unspecified atom stereocenters. The molecule has 0 radical (unpaired) electrons. The third-order valence-electron chi connectivity index (χ3n) is 3.56. The summed E-state index contributed by atoms with van der Waals surface area (Å²) in [5.74, 6) is 0. The molecule has 14 heavy (non-hydrogen) atoms. The largest absolute Gasteiger partial charge is 0.385 e. The van der Waals surface area contributed by atoms with Gasteiger partial charge in [0.2, 0.25) is 0 Å². The molecule has 2 rings (SSSR count). The molecule has 1 atom stereocenters. The van der Waals surface area contributed by atoms with Crippen LogP contribution >= 0.6 is 0 Å². The second-order valence-corrected chi connectivity index (χ2v) is 4.41. The van der Waals surface area contributed by atoms with E-state index < -0.39 is 0 Å². The summed E-state index contributed by atoms with van der Waals surface area (Å²) in [5, 5.41) is 3.59. The Hall–Kier alpha value is -0.120. The summed E-state index contributed by atoms with van der Waals surface area (Å²) in [4.78, 5) is 0. The van der Waals surface area contributed by atoms with Crippen LogP contribution in [-0.4, -0.2) is 38.5 Å². The molecule has 2 fully saturated rings. The van der Waals surface area contributed by atoms with E-state index in [1.807, 2.05) is 0 Å². The second kappa shape index (κ2) is 4.60. The summed E-state index contributed by atoms with van der Waals surface area (Å²) in [6.45, 7) is 2.77. The third kappa shape index (κ3) is 1.95. The zero-order chi connectivity index (χ0) is 9.86. The van der Waals surface area contributed by atoms with Crippen LogP contribution in [0.4, 0.5) is 0 Å². The fourth-order valence-electron chi connectivity index (χ4n) is 2.59. The number of hydrogen-bond acceptors (Lipinski definition) is 3. The molecule has 0 amide bonds. The van der Waals surface area contributed by atoms with Gasteiger partial charge < -0.3 is 14.8 Å². The van der Waals surface area contributed by atoms with Gasteiger partial charge in [0.05, 0.1) is 12.2 Å². The number of ether oxygens (including phenoxy) is 2. The van der Waals surface area contributed by atoms with Gasteiger partial charge in [-0.2, -0.15) is 0 Å². The van der Waals surface area contributed by atoms with Gasteiger partial charge in [-0.3, -0.25) is 0 Å². The number of morpholine rings is 1. The Labute approximate surface area is 86.2 Å². The number of methoxy groups -OCH3 is 1. The van der Waals surface area contributed by atoms with Crippen LogP contribution in [0.25, 0.3) is 0 Å². The summed E-state index contributed by atoms with van der Waals surface area (Å²) in [5.41, 5.74) is 0.200. The molecule has 1 N–H and O–H groups in total. The Balaban J connectivity index is 1.81. The van der Waals surface area contributed by atoms with Crippen LogP contribution in [0.1, 0.15) is 32.1 Å². The molecular weight excluding hydrogens is 178 g/mol. The fraction of sp³-hybridized carbons (Fsp3) is 1.00. The zero-order valence-corrected chi connectivity index (χ0v) is 9.05. The molecule has 1 spiro atoms. The van der Waals surface area contributed by atoms with Crippen molar-refractivity contribution in [1.29, 1.82) is 0 Å². The molecule has 1 saturated heterocycles. The van der Waals surface area contributed by atoms with Gasteiger partial charge in [0.25, 0.3) is 0 Å². The lowest BCUT2D eigenvalue weighted by atomic mass is 9.72. The first-order valence-corrected chi connectivity index (χ1v) is 5.74. The van der Waals surface area contributed by atoms with Crippen LogP contribution < -0.4 is 5.32 Å². The Kier molecular flexibility index (Phi) is 3.42. The lowest BCUT2D eigenvalue weighted by Gasteiger charge is -2.50. The molecule has 0 aromatic carbocycles. The predicted molar refractivity (Wildman–Crippen MR) is 55.4 cm³/mol. The minimum Gasteiger partial charge on any atom is -0.385 e. The highest BCUT2D eigenvalue weighted by molar-refractivity contribution is 5.01. The number of nitrogens with one attached hydrogen (secondary N) is 1. The summed E-state index contributed by atoms with van der Waals surface area (Å²) >= 11 is 0. The first kappa shape index (κ1) is 10.4. The first-order valence-electron chi connectivity index (χ1n) is 5.74. The smallest absolute Gasteiger partial charge is 0.0835 e. The molecule has 1 saturated carbocycles. The highest BCUT2D eigenvalue weighted by Crippen LogP contribution is 2.41. The van der Waals surface area contributed by atoms with E-state index in [4.69, 9.17) is 9.47 Å². The van der Waals surface area contributed by atoms with E-state index in [0.29, 0.717) is 6.04 Å². The Morgan fingerprint density at radius 3 is 3.00 bits per heavy atom. The van der Waals surface area contributed by atoms with Gasteiger partial charge in [-0.05, 0) is 32.1 Å². The van der Waals surface area contributed by atoms with Gasteiger partial charge in [-0.15, -0.1) is 0 Å². The van der Waals surface area contributed by atoms with Crippen molar-refractivity contribution < 1.29 is 9.47 Å². The van der Waals surface area contributed by atoms with Gasteiger partial charge in [-0.25, -0.2) is 0 Å². The van der Waals surface area contributed by atoms with E-state index in [1.165, 1.54) is 25.7 Å². The quantitative estimate of drug-likeness (QED) is 0.693. The van der Waals surface area contributed by atoms with Crippen LogP contribution in [0.5, 0.6) is 0 Å². The van der Waals surface area contributed by atoms with Crippen LogP contribution in [0, 0.1) is 0 Å². The van der Waals surface area contributed by atoms with Crippen molar-refractivity contribution in [2.45, 2.75) is 43.7 Å². The molecule has 3 nitrogen and oxygen atoms in total. The van der Waals surface area contributed by atoms with Crippen molar-refractivity contribution >= 4 is 0 Å². The first-order chi connectivity index (χ1) is 6.87. The van der Waals surface area contributed by atoms with Gasteiger partial charge in [0.15, 0.2) is 0 Å². The van der Waals surface area contributed by atoms with E-state index >= 15 is 0 Å². The number of rotatable bonds is 4. The van der Waals surface area contributed by atoms with Gasteiger partial charge in [0.1, 0.15) is 0 Å². The average molecular weight is 199 g/mol. The predicted octanol–water partition coefficient (Wildman–Crippen LogP) is 1.32. The molecule has 3 heteroatoms. The van der Waals surface area contributed by atoms with Crippen molar-refractivity contribution in [3.63, 3.8) is 0 Å². The summed E-state index contributed by atoms with van der Waals surface area (Å²) < 4.78 is 11.0. The molecule has 82 valence electrons. The Morgan fingerprint density at radius 1 is 1.50 bits per heavy atom. The van der Waals surface area contributed by atoms with E-state index in [0.717, 1.165) is 26.2 Å². The Morgan fingerprint density at radius 2 is 2.36 bits per heavy atom. The SMILES string of the molecule is COCCCC1NCCOC12CCC2. The molecule has 0 aromatic rings. The molecule has 1 heterocycles. The summed E-state index contributed by atoms with van der Waals surface area (Å²) in [6.07, 6.45) is 6.16. The lowest BCUT2D eigenvalue weighted by molar-refractivity contribution is -0.146. The fourth-order valence-corrected chi connectivity index (χ4v) is 2.59. The highest BCUT2D eigenvalue weighted by Gasteiger charge is 2.46. The van der Waals surface area contributed by atoms with Crippen LogP contribution in [-0.2, 0) is 9.47 Å². The van der Waals surface area contributed by atoms with Crippen molar-refractivity contribution in [3.05, 3.63) is 0 Å². The maximum Gasteiger partial charge on any atom is 0.0835 e. The summed E-state index contributed by atoms with van der Waals surface area (Å²) in [6, 6.07) is 0.570. The minimum absolute atomic E-state index is 0.200. The Bertz CT molecular complexity index is 180. The van der Waals surface area contributed by atoms with Crippen molar-refractivity contribution in [2.24, 2.45) is 0 Å². The maximum absolute atomic E-state index is 5.94. The minimum atomic E-state index is 0.200. The second-order valence-electron chi connectivity index (χ2n) is 4.41. The van der Waals surface area contributed by atoms with Gasteiger partial charge in [-0.1, -0.05) is 0 Å². The standard InChI is InChI=1S/C11H21NO2/c1-13-8-2-4-10-11(5-3-6-11)14-9-7-12-10/h10,12H,2-9H2,1H3. The van der Waals surface area contributed by atoms with Crippen LogP contribution in [0.3, 0.4) is 0 Å². The monoisotopic (exact) mass is 199 g/mol. The molecule has 1 aliphatic carbocycles. The van der Waals surface area contributed by atoms with Gasteiger partial charge in [0, 0.05) is 26.3 Å². The highest BCUT2D eigenvalue weighted by atomic mass is 16.5. The van der Waals surface area contributed by atoms with E-state index in [-0.39, 0.29) is 5.60 Å². The normalized spacial score (nSPS) is 30.2. The molecule has 1 aliphatic heterocycles. The van der Waals surface area contributed by atoms with E-state index in [9.17, 15) is 0 Å². The molecule has 0 bridgehead atoms. The third-order valence-corrected chi connectivity index (χ3v) is 3.56.